The van der Waals surface area contributed by atoms with E-state index in [1.54, 1.807) is 0 Å². The highest BCUT2D eigenvalue weighted by molar-refractivity contribution is 7.92. The van der Waals surface area contributed by atoms with Crippen LogP contribution in [0.2, 0.25) is 0 Å². The Kier molecular flexibility index (Phi) is 2.62. The molecule has 1 saturated carbocycles. The maximum absolute atomic E-state index is 12.1. The first-order valence-corrected chi connectivity index (χ1v) is 7.49. The molecule has 2 rings (SSSR count). The molecule has 0 amide bonds. The smallest absolute Gasteiger partial charge is 0.156 e. The monoisotopic (exact) mass is 231 g/mol. The van der Waals surface area contributed by atoms with Gasteiger partial charge >= 0.3 is 0 Å². The molecule has 1 aliphatic heterocycles. The first-order chi connectivity index (χ1) is 6.80. The van der Waals surface area contributed by atoms with E-state index in [2.05, 4.69) is 19.2 Å². The van der Waals surface area contributed by atoms with Crippen molar-refractivity contribution in [2.24, 2.45) is 5.41 Å². The predicted octanol–water partition coefficient (Wildman–Crippen LogP) is 1.34. The maximum Gasteiger partial charge on any atom is 0.156 e. The first-order valence-electron chi connectivity index (χ1n) is 5.78. The Bertz CT molecular complexity index is 348. The summed E-state index contributed by atoms with van der Waals surface area (Å²) in [4.78, 5) is 0. The molecule has 0 bridgehead atoms. The highest BCUT2D eigenvalue weighted by Crippen LogP contribution is 2.39. The summed E-state index contributed by atoms with van der Waals surface area (Å²) in [5, 5.41) is 3.29. The Morgan fingerprint density at radius 2 is 2.00 bits per heavy atom. The van der Waals surface area contributed by atoms with Crippen LogP contribution in [0, 0.1) is 5.41 Å². The Hall–Kier alpha value is -0.0900. The van der Waals surface area contributed by atoms with Gasteiger partial charge in [0.05, 0.1) is 11.0 Å². The quantitative estimate of drug-likeness (QED) is 0.684. The molecular formula is C11H21NO2S. The maximum atomic E-state index is 12.1. The van der Waals surface area contributed by atoms with Crippen molar-refractivity contribution < 1.29 is 8.42 Å². The van der Waals surface area contributed by atoms with E-state index >= 15 is 0 Å². The van der Waals surface area contributed by atoms with Crippen molar-refractivity contribution >= 4 is 9.84 Å². The third-order valence-electron chi connectivity index (χ3n) is 3.78. The summed E-state index contributed by atoms with van der Waals surface area (Å²) in [6.45, 7) is 6.32. The summed E-state index contributed by atoms with van der Waals surface area (Å²) < 4.78 is 24.1. The average molecular weight is 231 g/mol. The lowest BCUT2D eigenvalue weighted by Gasteiger charge is -2.44. The highest BCUT2D eigenvalue weighted by Gasteiger charge is 2.45. The van der Waals surface area contributed by atoms with Crippen molar-refractivity contribution in [1.29, 1.82) is 0 Å². The fourth-order valence-corrected chi connectivity index (χ4v) is 5.44. The summed E-state index contributed by atoms with van der Waals surface area (Å²) in [6.07, 6.45) is 2.95. The normalized spacial score (nSPS) is 43.3. The molecule has 3 atom stereocenters. The van der Waals surface area contributed by atoms with Gasteiger partial charge in [0.2, 0.25) is 0 Å². The van der Waals surface area contributed by atoms with E-state index in [0.29, 0.717) is 5.75 Å². The van der Waals surface area contributed by atoms with Crippen LogP contribution in [-0.2, 0) is 9.84 Å². The summed E-state index contributed by atoms with van der Waals surface area (Å²) >= 11 is 0. The summed E-state index contributed by atoms with van der Waals surface area (Å²) in [6, 6.07) is 0.323. The minimum atomic E-state index is -2.87. The minimum absolute atomic E-state index is 0.123. The molecule has 15 heavy (non-hydrogen) atoms. The molecule has 1 heterocycles. The van der Waals surface area contributed by atoms with Gasteiger partial charge in [-0.05, 0) is 31.6 Å². The third-order valence-corrected chi connectivity index (χ3v) is 6.16. The van der Waals surface area contributed by atoms with Gasteiger partial charge in [0.25, 0.3) is 0 Å². The number of nitrogens with one attached hydrogen (secondary N) is 1. The lowest BCUT2D eigenvalue weighted by molar-refractivity contribution is 0.197. The van der Waals surface area contributed by atoms with Crippen LogP contribution in [0.4, 0.5) is 0 Å². The molecule has 3 nitrogen and oxygen atoms in total. The number of hydrogen-bond donors (Lipinski definition) is 1. The van der Waals surface area contributed by atoms with E-state index in [0.717, 1.165) is 19.3 Å². The average Bonchev–Trinajstić information content (AvgIpc) is 2.05. The van der Waals surface area contributed by atoms with Gasteiger partial charge in [-0.25, -0.2) is 8.42 Å². The predicted molar refractivity (Wildman–Crippen MR) is 61.6 cm³/mol. The number of rotatable bonds is 0. The molecule has 0 radical (unpaired) electrons. The van der Waals surface area contributed by atoms with Crippen LogP contribution in [0.5, 0.6) is 0 Å². The Morgan fingerprint density at radius 3 is 2.67 bits per heavy atom. The standard InChI is InChI=1S/C11H21NO2S/c1-8-7-15(13,14)10-6-11(2,3)5-4-9(10)12-8/h8-10,12H,4-7H2,1-3H3. The third kappa shape index (κ3) is 2.21. The zero-order chi connectivity index (χ0) is 11.3. The van der Waals surface area contributed by atoms with Gasteiger partial charge in [0, 0.05) is 12.1 Å². The zero-order valence-corrected chi connectivity index (χ0v) is 10.6. The molecule has 0 aromatic carbocycles. The first kappa shape index (κ1) is 11.4. The molecule has 4 heteroatoms. The van der Waals surface area contributed by atoms with Crippen molar-refractivity contribution in [2.45, 2.75) is 57.4 Å². The molecule has 0 aromatic heterocycles. The van der Waals surface area contributed by atoms with Crippen LogP contribution in [-0.4, -0.2) is 31.5 Å². The largest absolute Gasteiger partial charge is 0.309 e. The fourth-order valence-electron chi connectivity index (χ4n) is 2.97. The van der Waals surface area contributed by atoms with Crippen molar-refractivity contribution in [1.82, 2.24) is 5.32 Å². The molecule has 2 aliphatic rings. The van der Waals surface area contributed by atoms with Crippen LogP contribution >= 0.6 is 0 Å². The van der Waals surface area contributed by atoms with E-state index in [1.165, 1.54) is 0 Å². The van der Waals surface area contributed by atoms with Crippen LogP contribution in [0.1, 0.15) is 40.0 Å². The second-order valence-corrected chi connectivity index (χ2v) is 8.21. The molecular weight excluding hydrogens is 210 g/mol. The zero-order valence-electron chi connectivity index (χ0n) is 9.79. The summed E-state index contributed by atoms with van der Waals surface area (Å²) in [5.41, 5.74) is 0.191. The Balaban J connectivity index is 2.24. The van der Waals surface area contributed by atoms with E-state index in [9.17, 15) is 8.42 Å². The number of hydrogen-bond acceptors (Lipinski definition) is 3. The van der Waals surface area contributed by atoms with E-state index in [-0.39, 0.29) is 22.7 Å². The van der Waals surface area contributed by atoms with Gasteiger partial charge in [-0.1, -0.05) is 13.8 Å². The molecule has 1 saturated heterocycles. The molecule has 2 fully saturated rings. The second kappa shape index (κ2) is 3.45. The topological polar surface area (TPSA) is 46.2 Å². The van der Waals surface area contributed by atoms with Crippen LogP contribution in [0.25, 0.3) is 0 Å². The molecule has 1 aliphatic carbocycles. The van der Waals surface area contributed by atoms with Gasteiger partial charge < -0.3 is 5.32 Å². The summed E-state index contributed by atoms with van der Waals surface area (Å²) in [5.74, 6) is 0.310. The fraction of sp³-hybridized carbons (Fsp3) is 1.00. The Labute approximate surface area is 92.6 Å². The van der Waals surface area contributed by atoms with Crippen molar-refractivity contribution in [3.63, 3.8) is 0 Å². The van der Waals surface area contributed by atoms with Gasteiger partial charge in [0.15, 0.2) is 9.84 Å². The molecule has 0 spiro atoms. The van der Waals surface area contributed by atoms with Crippen molar-refractivity contribution in [3.05, 3.63) is 0 Å². The molecule has 3 unspecified atom stereocenters. The summed E-state index contributed by atoms with van der Waals surface area (Å²) in [7, 11) is -2.87. The lowest BCUT2D eigenvalue weighted by atomic mass is 9.75. The van der Waals surface area contributed by atoms with Gasteiger partial charge in [-0.15, -0.1) is 0 Å². The molecule has 0 aromatic rings. The van der Waals surface area contributed by atoms with Gasteiger partial charge in [0.1, 0.15) is 0 Å². The van der Waals surface area contributed by atoms with Crippen LogP contribution < -0.4 is 5.32 Å². The van der Waals surface area contributed by atoms with Gasteiger partial charge in [-0.2, -0.15) is 0 Å². The molecule has 88 valence electrons. The number of sulfone groups is 1. The van der Waals surface area contributed by atoms with Crippen LogP contribution in [0.3, 0.4) is 0 Å². The van der Waals surface area contributed by atoms with Crippen molar-refractivity contribution in [3.8, 4) is 0 Å². The highest BCUT2D eigenvalue weighted by atomic mass is 32.2. The van der Waals surface area contributed by atoms with E-state index < -0.39 is 9.84 Å². The second-order valence-electron chi connectivity index (χ2n) is 5.95. The van der Waals surface area contributed by atoms with E-state index in [1.807, 2.05) is 6.92 Å². The van der Waals surface area contributed by atoms with Crippen molar-refractivity contribution in [2.75, 3.05) is 5.75 Å². The minimum Gasteiger partial charge on any atom is -0.309 e. The number of fused-ring (bicyclic) bond motifs is 1. The van der Waals surface area contributed by atoms with E-state index in [4.69, 9.17) is 0 Å². The Morgan fingerprint density at radius 1 is 1.33 bits per heavy atom. The van der Waals surface area contributed by atoms with Gasteiger partial charge in [-0.3, -0.25) is 0 Å². The lowest BCUT2D eigenvalue weighted by Crippen LogP contribution is -2.59. The SMILES string of the molecule is CC1CS(=O)(=O)C2CC(C)(C)CCC2N1. The molecule has 1 N–H and O–H groups in total. The van der Waals surface area contributed by atoms with Crippen LogP contribution in [0.15, 0.2) is 0 Å².